The van der Waals surface area contributed by atoms with Gasteiger partial charge in [-0.3, -0.25) is 0 Å². The Bertz CT molecular complexity index is 716. The number of furan rings is 1. The molecular weight excluding hydrogens is 324 g/mol. The number of methoxy groups -OCH3 is 2. The van der Waals surface area contributed by atoms with Crippen molar-refractivity contribution in [3.8, 4) is 17.8 Å². The molecule has 1 fully saturated rings. The Morgan fingerprint density at radius 2 is 2.04 bits per heavy atom. The molecule has 1 aliphatic carbocycles. The highest BCUT2D eigenvalue weighted by Crippen LogP contribution is 2.57. The first-order valence-electron chi connectivity index (χ1n) is 8.27. The highest BCUT2D eigenvalue weighted by molar-refractivity contribution is 5.73. The molecule has 0 saturated carbocycles. The monoisotopic (exact) mass is 348 g/mol. The summed E-state index contributed by atoms with van der Waals surface area (Å²) in [5, 5.41) is 10.9. The largest absolute Gasteiger partial charge is 0.468 e. The molecule has 1 aromatic heterocycles. The third-order valence-electron chi connectivity index (χ3n) is 5.00. The standard InChI is InChI=1S/C19H24O6/c1-13-12-15(25-17(13)22-4)14-7-8-19(23-10-11-24-19)18(14,2)16(20)6-5-9-21-3/h7,12,16,20H,8-11H2,1-4H3. The van der Waals surface area contributed by atoms with Crippen molar-refractivity contribution < 1.29 is 28.5 Å². The van der Waals surface area contributed by atoms with E-state index in [1.807, 2.05) is 26.0 Å². The summed E-state index contributed by atoms with van der Waals surface area (Å²) in [4.78, 5) is 0. The van der Waals surface area contributed by atoms with Crippen LogP contribution in [0.25, 0.3) is 5.57 Å². The van der Waals surface area contributed by atoms with Gasteiger partial charge < -0.3 is 28.5 Å². The predicted octanol–water partition coefficient (Wildman–Crippen LogP) is 2.14. The van der Waals surface area contributed by atoms with E-state index in [4.69, 9.17) is 23.4 Å². The fourth-order valence-electron chi connectivity index (χ4n) is 3.61. The van der Waals surface area contributed by atoms with E-state index in [1.165, 1.54) is 0 Å². The van der Waals surface area contributed by atoms with Crippen molar-refractivity contribution in [2.24, 2.45) is 5.41 Å². The van der Waals surface area contributed by atoms with Gasteiger partial charge in [0.25, 0.3) is 5.95 Å². The number of hydrogen-bond donors (Lipinski definition) is 1. The van der Waals surface area contributed by atoms with Crippen LogP contribution in [0.1, 0.15) is 24.7 Å². The number of aryl methyl sites for hydroxylation is 1. The van der Waals surface area contributed by atoms with Crippen LogP contribution in [0.15, 0.2) is 16.6 Å². The van der Waals surface area contributed by atoms with E-state index in [0.29, 0.717) is 31.3 Å². The lowest BCUT2D eigenvalue weighted by molar-refractivity contribution is -0.222. The minimum absolute atomic E-state index is 0.245. The number of rotatable bonds is 4. The number of aliphatic hydroxyl groups is 1. The van der Waals surface area contributed by atoms with Crippen molar-refractivity contribution in [1.82, 2.24) is 0 Å². The van der Waals surface area contributed by atoms with Gasteiger partial charge in [0.1, 0.15) is 18.5 Å². The molecule has 2 atom stereocenters. The highest BCUT2D eigenvalue weighted by Gasteiger charge is 2.62. The first-order chi connectivity index (χ1) is 12.0. The summed E-state index contributed by atoms with van der Waals surface area (Å²) in [6.45, 7) is 5.01. The van der Waals surface area contributed by atoms with Crippen LogP contribution < -0.4 is 4.74 Å². The molecule has 6 nitrogen and oxygen atoms in total. The number of ether oxygens (including phenoxy) is 4. The molecule has 0 bridgehead atoms. The third-order valence-corrected chi connectivity index (χ3v) is 5.00. The fourth-order valence-corrected chi connectivity index (χ4v) is 3.61. The van der Waals surface area contributed by atoms with Gasteiger partial charge in [-0.2, -0.15) is 0 Å². The second-order valence-electron chi connectivity index (χ2n) is 6.42. The van der Waals surface area contributed by atoms with Gasteiger partial charge in [-0.1, -0.05) is 17.9 Å². The quantitative estimate of drug-likeness (QED) is 0.841. The highest BCUT2D eigenvalue weighted by atomic mass is 16.7. The molecule has 2 aliphatic rings. The van der Waals surface area contributed by atoms with Gasteiger partial charge in [-0.05, 0) is 19.9 Å². The average Bonchev–Trinajstić information content (AvgIpc) is 3.29. The van der Waals surface area contributed by atoms with Gasteiger partial charge in [0.15, 0.2) is 5.79 Å². The van der Waals surface area contributed by atoms with Crippen LogP contribution in [-0.2, 0) is 14.2 Å². The van der Waals surface area contributed by atoms with Crippen LogP contribution in [0.5, 0.6) is 5.95 Å². The van der Waals surface area contributed by atoms with E-state index in [1.54, 1.807) is 14.2 Å². The topological polar surface area (TPSA) is 70.3 Å². The van der Waals surface area contributed by atoms with Crippen LogP contribution in [0.2, 0.25) is 0 Å². The fraction of sp³-hybridized carbons (Fsp3) is 0.579. The van der Waals surface area contributed by atoms with Gasteiger partial charge in [-0.25, -0.2) is 0 Å². The summed E-state index contributed by atoms with van der Waals surface area (Å²) in [5.41, 5.74) is 0.787. The van der Waals surface area contributed by atoms with Crippen molar-refractivity contribution in [3.63, 3.8) is 0 Å². The van der Waals surface area contributed by atoms with Crippen molar-refractivity contribution in [2.75, 3.05) is 34.0 Å². The lowest BCUT2D eigenvalue weighted by atomic mass is 9.73. The second kappa shape index (κ2) is 6.85. The Morgan fingerprint density at radius 1 is 1.32 bits per heavy atom. The normalized spacial score (nSPS) is 25.6. The smallest absolute Gasteiger partial charge is 0.287 e. The van der Waals surface area contributed by atoms with Crippen molar-refractivity contribution in [2.45, 2.75) is 32.2 Å². The molecule has 136 valence electrons. The minimum atomic E-state index is -1.01. The lowest BCUT2D eigenvalue weighted by Crippen LogP contribution is -2.51. The summed E-state index contributed by atoms with van der Waals surface area (Å²) >= 11 is 0. The average molecular weight is 348 g/mol. The first kappa shape index (κ1) is 18.0. The molecule has 25 heavy (non-hydrogen) atoms. The Hall–Kier alpha value is -1.78. The Balaban J connectivity index is 2.03. The van der Waals surface area contributed by atoms with Gasteiger partial charge >= 0.3 is 0 Å². The number of hydrogen-bond acceptors (Lipinski definition) is 6. The molecule has 2 unspecified atom stereocenters. The molecule has 3 rings (SSSR count). The van der Waals surface area contributed by atoms with E-state index in [-0.39, 0.29) is 6.61 Å². The van der Waals surface area contributed by atoms with E-state index in [2.05, 4.69) is 11.8 Å². The van der Waals surface area contributed by atoms with Crippen LogP contribution in [0.4, 0.5) is 0 Å². The Kier molecular flexibility index (Phi) is 4.94. The van der Waals surface area contributed by atoms with E-state index in [9.17, 15) is 5.11 Å². The zero-order valence-corrected chi connectivity index (χ0v) is 15.0. The maximum atomic E-state index is 10.9. The maximum Gasteiger partial charge on any atom is 0.287 e. The van der Waals surface area contributed by atoms with Crippen molar-refractivity contribution >= 4 is 5.57 Å². The van der Waals surface area contributed by atoms with E-state index in [0.717, 1.165) is 11.1 Å². The minimum Gasteiger partial charge on any atom is -0.468 e. The van der Waals surface area contributed by atoms with Crippen molar-refractivity contribution in [3.05, 3.63) is 23.5 Å². The second-order valence-corrected chi connectivity index (χ2v) is 6.42. The Labute approximate surface area is 147 Å². The van der Waals surface area contributed by atoms with Crippen LogP contribution in [-0.4, -0.2) is 51.0 Å². The molecule has 2 heterocycles. The molecule has 0 aromatic carbocycles. The molecule has 1 spiro atoms. The molecule has 0 radical (unpaired) electrons. The molecule has 1 N–H and O–H groups in total. The zero-order valence-electron chi connectivity index (χ0n) is 15.0. The molecule has 1 saturated heterocycles. The summed E-state index contributed by atoms with van der Waals surface area (Å²) in [5.74, 6) is 5.82. The van der Waals surface area contributed by atoms with Crippen LogP contribution >= 0.6 is 0 Å². The molecule has 1 aliphatic heterocycles. The van der Waals surface area contributed by atoms with Gasteiger partial charge in [0, 0.05) is 24.7 Å². The number of aliphatic hydroxyl groups excluding tert-OH is 1. The summed E-state index contributed by atoms with van der Waals surface area (Å²) < 4.78 is 27.9. The van der Waals surface area contributed by atoms with E-state index < -0.39 is 17.3 Å². The summed E-state index contributed by atoms with van der Waals surface area (Å²) in [7, 11) is 3.12. The van der Waals surface area contributed by atoms with Gasteiger partial charge in [-0.15, -0.1) is 0 Å². The molecule has 0 amide bonds. The third kappa shape index (κ3) is 2.77. The molecule has 1 aromatic rings. The first-order valence-corrected chi connectivity index (χ1v) is 8.27. The van der Waals surface area contributed by atoms with Crippen molar-refractivity contribution in [1.29, 1.82) is 0 Å². The van der Waals surface area contributed by atoms with Crippen LogP contribution in [0.3, 0.4) is 0 Å². The summed E-state index contributed by atoms with van der Waals surface area (Å²) in [6, 6.07) is 1.90. The molecular formula is C19H24O6. The summed E-state index contributed by atoms with van der Waals surface area (Å²) in [6.07, 6.45) is 1.50. The van der Waals surface area contributed by atoms with Gasteiger partial charge in [0.05, 0.1) is 25.7 Å². The van der Waals surface area contributed by atoms with E-state index >= 15 is 0 Å². The Morgan fingerprint density at radius 3 is 2.64 bits per heavy atom. The SMILES string of the molecule is COCC#CC(O)C1(C)C(c2cc(C)c(OC)o2)=CCC12OCCO2. The van der Waals surface area contributed by atoms with Crippen LogP contribution in [0, 0.1) is 24.2 Å². The zero-order chi connectivity index (χ0) is 18.1. The maximum absolute atomic E-state index is 10.9. The molecule has 6 heteroatoms. The van der Waals surface area contributed by atoms with Gasteiger partial charge in [0.2, 0.25) is 0 Å². The predicted molar refractivity (Wildman–Crippen MR) is 91.0 cm³/mol. The lowest BCUT2D eigenvalue weighted by Gasteiger charge is -2.42.